The van der Waals surface area contributed by atoms with E-state index in [-0.39, 0.29) is 5.69 Å². The van der Waals surface area contributed by atoms with Crippen molar-refractivity contribution in [2.45, 2.75) is 6.92 Å². The van der Waals surface area contributed by atoms with Gasteiger partial charge in [-0.3, -0.25) is 0 Å². The van der Waals surface area contributed by atoms with Crippen LogP contribution in [0.3, 0.4) is 0 Å². The van der Waals surface area contributed by atoms with E-state index < -0.39 is 5.97 Å². The van der Waals surface area contributed by atoms with Gasteiger partial charge in [-0.2, -0.15) is 0 Å². The lowest BCUT2D eigenvalue weighted by molar-refractivity contribution is 0.0690. The molecule has 1 aliphatic heterocycles. The minimum atomic E-state index is -1.08. The lowest BCUT2D eigenvalue weighted by Gasteiger charge is -2.20. The summed E-state index contributed by atoms with van der Waals surface area (Å²) in [7, 11) is 0. The van der Waals surface area contributed by atoms with Crippen molar-refractivity contribution >= 4 is 5.97 Å². The number of ether oxygens (including phenoxy) is 2. The molecule has 1 aliphatic rings. The van der Waals surface area contributed by atoms with Gasteiger partial charge >= 0.3 is 5.97 Å². The SMILES string of the molecule is Cc1cc2c(cc1-c1cc(C(=O)O)ncn1)OCCO2. The lowest BCUT2D eigenvalue weighted by atomic mass is 10.0. The second-order valence-corrected chi connectivity index (χ2v) is 4.40. The minimum absolute atomic E-state index is 0.0377. The highest BCUT2D eigenvalue weighted by molar-refractivity contribution is 5.86. The summed E-state index contributed by atoms with van der Waals surface area (Å²) in [6, 6.07) is 5.13. The van der Waals surface area contributed by atoms with Crippen molar-refractivity contribution in [1.82, 2.24) is 9.97 Å². The van der Waals surface area contributed by atoms with Gasteiger partial charge in [0.2, 0.25) is 0 Å². The topological polar surface area (TPSA) is 81.5 Å². The molecule has 0 bridgehead atoms. The third kappa shape index (κ3) is 2.16. The summed E-state index contributed by atoms with van der Waals surface area (Å²) < 4.78 is 11.0. The largest absolute Gasteiger partial charge is 0.486 e. The van der Waals surface area contributed by atoms with Gasteiger partial charge in [0.25, 0.3) is 0 Å². The highest BCUT2D eigenvalue weighted by Crippen LogP contribution is 2.36. The third-order valence-electron chi connectivity index (χ3n) is 3.05. The molecule has 3 rings (SSSR count). The Bertz CT molecular complexity index is 685. The number of hydrogen-bond donors (Lipinski definition) is 1. The van der Waals surface area contributed by atoms with E-state index >= 15 is 0 Å². The van der Waals surface area contributed by atoms with Crippen LogP contribution in [0.25, 0.3) is 11.3 Å². The highest BCUT2D eigenvalue weighted by Gasteiger charge is 2.16. The predicted molar refractivity (Wildman–Crippen MR) is 70.2 cm³/mol. The van der Waals surface area contributed by atoms with E-state index in [1.54, 1.807) is 0 Å². The quantitative estimate of drug-likeness (QED) is 0.899. The van der Waals surface area contributed by atoms with Gasteiger partial charge in [-0.25, -0.2) is 14.8 Å². The summed E-state index contributed by atoms with van der Waals surface area (Å²) >= 11 is 0. The van der Waals surface area contributed by atoms with Gasteiger partial charge in [0.05, 0.1) is 5.69 Å². The molecule has 0 spiro atoms. The number of carboxylic acid groups (broad SMARTS) is 1. The van der Waals surface area contributed by atoms with Crippen molar-refractivity contribution in [2.75, 3.05) is 13.2 Å². The Labute approximate surface area is 115 Å². The average Bonchev–Trinajstić information content (AvgIpc) is 2.46. The number of rotatable bonds is 2. The number of hydrogen-bond acceptors (Lipinski definition) is 5. The van der Waals surface area contributed by atoms with Gasteiger partial charge < -0.3 is 14.6 Å². The Morgan fingerprint density at radius 2 is 1.85 bits per heavy atom. The molecule has 20 heavy (non-hydrogen) atoms. The standard InChI is InChI=1S/C14H12N2O4/c1-8-4-12-13(20-3-2-19-12)5-9(8)10-6-11(14(17)18)16-7-15-10/h4-7H,2-3H2,1H3,(H,17,18). The lowest BCUT2D eigenvalue weighted by Crippen LogP contribution is -2.15. The number of aromatic nitrogens is 2. The zero-order chi connectivity index (χ0) is 14.1. The van der Waals surface area contributed by atoms with Crippen molar-refractivity contribution < 1.29 is 19.4 Å². The first kappa shape index (κ1) is 12.4. The summed E-state index contributed by atoms with van der Waals surface area (Å²) in [5.74, 6) is 0.265. The maximum Gasteiger partial charge on any atom is 0.354 e. The summed E-state index contributed by atoms with van der Waals surface area (Å²) in [4.78, 5) is 18.8. The maximum atomic E-state index is 11.0. The third-order valence-corrected chi connectivity index (χ3v) is 3.05. The first-order valence-electron chi connectivity index (χ1n) is 6.11. The Kier molecular flexibility index (Phi) is 2.98. The molecule has 0 aliphatic carbocycles. The first-order chi connectivity index (χ1) is 9.65. The number of benzene rings is 1. The molecule has 2 heterocycles. The molecular formula is C14H12N2O4. The van der Waals surface area contributed by atoms with E-state index in [2.05, 4.69) is 9.97 Å². The van der Waals surface area contributed by atoms with Crippen LogP contribution in [0.2, 0.25) is 0 Å². The molecular weight excluding hydrogens is 260 g/mol. The van der Waals surface area contributed by atoms with Gasteiger partial charge in [0, 0.05) is 5.56 Å². The Morgan fingerprint density at radius 1 is 1.15 bits per heavy atom. The number of fused-ring (bicyclic) bond motifs is 1. The van der Waals surface area contributed by atoms with Gasteiger partial charge in [-0.1, -0.05) is 0 Å². The molecule has 2 aromatic rings. The van der Waals surface area contributed by atoms with Crippen LogP contribution in [0, 0.1) is 6.92 Å². The second-order valence-electron chi connectivity index (χ2n) is 4.40. The van der Waals surface area contributed by atoms with Crippen molar-refractivity contribution in [3.05, 3.63) is 35.8 Å². The van der Waals surface area contributed by atoms with Gasteiger partial charge in [0.1, 0.15) is 19.5 Å². The molecule has 0 unspecified atom stereocenters. The molecule has 1 aromatic carbocycles. The number of aryl methyl sites for hydroxylation is 1. The van der Waals surface area contributed by atoms with Crippen LogP contribution in [0.1, 0.15) is 16.1 Å². The minimum Gasteiger partial charge on any atom is -0.486 e. The van der Waals surface area contributed by atoms with E-state index in [1.807, 2.05) is 19.1 Å². The summed E-state index contributed by atoms with van der Waals surface area (Å²) in [5, 5.41) is 8.98. The van der Waals surface area contributed by atoms with Gasteiger partial charge in [-0.05, 0) is 30.7 Å². The molecule has 1 N–H and O–H groups in total. The normalized spacial score (nSPS) is 13.1. The van der Waals surface area contributed by atoms with E-state index in [9.17, 15) is 4.79 Å². The van der Waals surface area contributed by atoms with E-state index in [4.69, 9.17) is 14.6 Å². The molecule has 6 heteroatoms. The molecule has 6 nitrogen and oxygen atoms in total. The van der Waals surface area contributed by atoms with Crippen molar-refractivity contribution in [1.29, 1.82) is 0 Å². The van der Waals surface area contributed by atoms with Crippen LogP contribution in [0.15, 0.2) is 24.5 Å². The average molecular weight is 272 g/mol. The van der Waals surface area contributed by atoms with Crippen LogP contribution < -0.4 is 9.47 Å². The zero-order valence-electron chi connectivity index (χ0n) is 10.8. The highest BCUT2D eigenvalue weighted by atomic mass is 16.6. The maximum absolute atomic E-state index is 11.0. The molecule has 0 atom stereocenters. The first-order valence-corrected chi connectivity index (χ1v) is 6.11. The number of nitrogens with zero attached hydrogens (tertiary/aromatic N) is 2. The molecule has 0 radical (unpaired) electrons. The molecule has 0 saturated carbocycles. The zero-order valence-corrected chi connectivity index (χ0v) is 10.8. The summed E-state index contributed by atoms with van der Waals surface area (Å²) in [6.07, 6.45) is 1.25. The van der Waals surface area contributed by atoms with Crippen LogP contribution in [-0.2, 0) is 0 Å². The van der Waals surface area contributed by atoms with Crippen molar-refractivity contribution in [2.24, 2.45) is 0 Å². The van der Waals surface area contributed by atoms with Crippen molar-refractivity contribution in [3.8, 4) is 22.8 Å². The van der Waals surface area contributed by atoms with E-state index in [1.165, 1.54) is 12.4 Å². The Morgan fingerprint density at radius 3 is 2.55 bits per heavy atom. The van der Waals surface area contributed by atoms with Crippen LogP contribution in [-0.4, -0.2) is 34.3 Å². The molecule has 1 aromatic heterocycles. The number of aromatic carboxylic acids is 1. The number of carboxylic acids is 1. The van der Waals surface area contributed by atoms with Crippen LogP contribution in [0.4, 0.5) is 0 Å². The van der Waals surface area contributed by atoms with Crippen LogP contribution in [0.5, 0.6) is 11.5 Å². The van der Waals surface area contributed by atoms with E-state index in [0.717, 1.165) is 11.1 Å². The fraction of sp³-hybridized carbons (Fsp3) is 0.214. The fourth-order valence-electron chi connectivity index (χ4n) is 2.09. The van der Waals surface area contributed by atoms with E-state index in [0.29, 0.717) is 30.4 Å². The summed E-state index contributed by atoms with van der Waals surface area (Å²) in [6.45, 7) is 2.94. The predicted octanol–water partition coefficient (Wildman–Crippen LogP) is 1.92. The molecule has 0 amide bonds. The molecule has 0 fully saturated rings. The van der Waals surface area contributed by atoms with Gasteiger partial charge in [-0.15, -0.1) is 0 Å². The smallest absolute Gasteiger partial charge is 0.354 e. The van der Waals surface area contributed by atoms with Crippen molar-refractivity contribution in [3.63, 3.8) is 0 Å². The molecule has 0 saturated heterocycles. The second kappa shape index (κ2) is 4.80. The summed E-state index contributed by atoms with van der Waals surface area (Å²) in [5.41, 5.74) is 2.25. The van der Waals surface area contributed by atoms with Crippen LogP contribution >= 0.6 is 0 Å². The number of carbonyl (C=O) groups is 1. The Hall–Kier alpha value is -2.63. The molecule has 102 valence electrons. The fourth-order valence-corrected chi connectivity index (χ4v) is 2.09. The Balaban J connectivity index is 2.10. The van der Waals surface area contributed by atoms with Gasteiger partial charge in [0.15, 0.2) is 17.2 Å². The monoisotopic (exact) mass is 272 g/mol.